The molecular weight excluding hydrogens is 282 g/mol. The summed E-state index contributed by atoms with van der Waals surface area (Å²) >= 11 is 1.51. The number of hydrogen-bond donors (Lipinski definition) is 1. The minimum atomic E-state index is 0.531. The minimum Gasteiger partial charge on any atom is -0.370 e. The summed E-state index contributed by atoms with van der Waals surface area (Å²) < 4.78 is 0. The quantitative estimate of drug-likeness (QED) is 0.651. The molecule has 1 aliphatic rings. The van der Waals surface area contributed by atoms with Gasteiger partial charge in [-0.25, -0.2) is 19.9 Å². The zero-order chi connectivity index (χ0) is 14.7. The lowest BCUT2D eigenvalue weighted by molar-refractivity contribution is 0.849. The van der Waals surface area contributed by atoms with Gasteiger partial charge in [0.1, 0.15) is 16.7 Å². The normalized spacial score (nSPS) is 14.2. The van der Waals surface area contributed by atoms with Gasteiger partial charge in [-0.1, -0.05) is 6.92 Å². The number of hydrogen-bond acceptors (Lipinski definition) is 6. The first-order valence-corrected chi connectivity index (χ1v) is 8.17. The van der Waals surface area contributed by atoms with Crippen LogP contribution in [0.3, 0.4) is 0 Å². The van der Waals surface area contributed by atoms with Crippen LogP contribution in [0.5, 0.6) is 0 Å². The highest BCUT2D eigenvalue weighted by atomic mass is 32.2. The largest absolute Gasteiger partial charge is 0.370 e. The molecular formula is C15H19N5S. The molecule has 2 aromatic rings. The van der Waals surface area contributed by atoms with Crippen molar-refractivity contribution in [2.24, 2.45) is 0 Å². The molecule has 1 N–H and O–H groups in total. The summed E-state index contributed by atoms with van der Waals surface area (Å²) in [6.07, 6.45) is 6.98. The van der Waals surface area contributed by atoms with E-state index >= 15 is 0 Å². The fraction of sp³-hybridized carbons (Fsp3) is 0.467. The van der Waals surface area contributed by atoms with Crippen LogP contribution in [-0.2, 0) is 0 Å². The topological polar surface area (TPSA) is 63.6 Å². The Morgan fingerprint density at radius 3 is 2.67 bits per heavy atom. The van der Waals surface area contributed by atoms with E-state index in [0.29, 0.717) is 5.92 Å². The highest BCUT2D eigenvalue weighted by Gasteiger charge is 2.28. The van der Waals surface area contributed by atoms with Crippen LogP contribution in [0.25, 0.3) is 0 Å². The average molecular weight is 301 g/mol. The van der Waals surface area contributed by atoms with Crippen LogP contribution in [0, 0.1) is 6.92 Å². The summed E-state index contributed by atoms with van der Waals surface area (Å²) in [5.74, 6) is 2.44. The number of nitrogens with one attached hydrogen (secondary N) is 1. The second-order valence-corrected chi connectivity index (χ2v) is 6.15. The molecule has 0 unspecified atom stereocenters. The lowest BCUT2D eigenvalue weighted by Crippen LogP contribution is -2.08. The predicted octanol–water partition coefficient (Wildman–Crippen LogP) is 3.43. The van der Waals surface area contributed by atoms with Gasteiger partial charge in [-0.2, -0.15) is 0 Å². The lowest BCUT2D eigenvalue weighted by atomic mass is 10.3. The van der Waals surface area contributed by atoms with Crippen LogP contribution in [0.15, 0.2) is 28.6 Å². The average Bonchev–Trinajstić information content (AvgIpc) is 3.34. The third kappa shape index (κ3) is 3.50. The summed E-state index contributed by atoms with van der Waals surface area (Å²) in [6, 6.07) is 1.82. The minimum absolute atomic E-state index is 0.531. The van der Waals surface area contributed by atoms with E-state index in [9.17, 15) is 0 Å². The van der Waals surface area contributed by atoms with Gasteiger partial charge >= 0.3 is 0 Å². The highest BCUT2D eigenvalue weighted by Crippen LogP contribution is 2.40. The molecule has 1 saturated carbocycles. The van der Waals surface area contributed by atoms with Crippen LogP contribution in [0.4, 0.5) is 5.82 Å². The highest BCUT2D eigenvalue weighted by molar-refractivity contribution is 7.99. The first-order valence-electron chi connectivity index (χ1n) is 7.35. The molecule has 5 nitrogen and oxygen atoms in total. The Labute approximate surface area is 129 Å². The third-order valence-electron chi connectivity index (χ3n) is 3.33. The van der Waals surface area contributed by atoms with E-state index in [1.165, 1.54) is 24.6 Å². The van der Waals surface area contributed by atoms with Crippen molar-refractivity contribution in [3.63, 3.8) is 0 Å². The molecule has 2 heterocycles. The number of rotatable bonds is 6. The second kappa shape index (κ2) is 6.39. The number of aromatic nitrogens is 4. The Hall–Kier alpha value is -1.69. The van der Waals surface area contributed by atoms with E-state index in [-0.39, 0.29) is 0 Å². The molecule has 0 bridgehead atoms. The summed E-state index contributed by atoms with van der Waals surface area (Å²) in [6.45, 7) is 5.13. The molecule has 0 radical (unpaired) electrons. The molecule has 3 rings (SSSR count). The molecule has 0 aromatic carbocycles. The lowest BCUT2D eigenvalue weighted by Gasteiger charge is -2.12. The van der Waals surface area contributed by atoms with Crippen molar-refractivity contribution in [2.75, 3.05) is 11.9 Å². The van der Waals surface area contributed by atoms with Crippen molar-refractivity contribution >= 4 is 17.6 Å². The van der Waals surface area contributed by atoms with Gasteiger partial charge < -0.3 is 5.32 Å². The molecule has 21 heavy (non-hydrogen) atoms. The predicted molar refractivity (Wildman–Crippen MR) is 83.7 cm³/mol. The van der Waals surface area contributed by atoms with Crippen molar-refractivity contribution in [1.82, 2.24) is 19.9 Å². The van der Waals surface area contributed by atoms with Gasteiger partial charge in [0.25, 0.3) is 0 Å². The van der Waals surface area contributed by atoms with Gasteiger partial charge in [-0.05, 0) is 44.0 Å². The Kier molecular flexibility index (Phi) is 4.34. The summed E-state index contributed by atoms with van der Waals surface area (Å²) in [4.78, 5) is 18.0. The Balaban J connectivity index is 1.91. The summed E-state index contributed by atoms with van der Waals surface area (Å²) in [5.41, 5.74) is 1.07. The number of nitrogens with zero attached hydrogens (tertiary/aromatic N) is 4. The van der Waals surface area contributed by atoms with Gasteiger partial charge in [0.05, 0.1) is 0 Å². The van der Waals surface area contributed by atoms with Crippen molar-refractivity contribution in [3.05, 3.63) is 29.8 Å². The molecule has 0 aliphatic heterocycles. The third-order valence-corrected chi connectivity index (χ3v) is 4.32. The van der Waals surface area contributed by atoms with Crippen LogP contribution >= 0.6 is 11.8 Å². The molecule has 0 atom stereocenters. The maximum atomic E-state index is 4.73. The maximum absolute atomic E-state index is 4.73. The van der Waals surface area contributed by atoms with Gasteiger partial charge in [-0.15, -0.1) is 0 Å². The van der Waals surface area contributed by atoms with Crippen molar-refractivity contribution < 1.29 is 0 Å². The van der Waals surface area contributed by atoms with E-state index in [1.54, 1.807) is 12.4 Å². The zero-order valence-electron chi connectivity index (χ0n) is 12.3. The molecule has 0 spiro atoms. The maximum Gasteiger partial charge on any atom is 0.193 e. The van der Waals surface area contributed by atoms with Crippen molar-refractivity contribution in [1.29, 1.82) is 0 Å². The summed E-state index contributed by atoms with van der Waals surface area (Å²) in [5, 5.41) is 5.09. The summed E-state index contributed by atoms with van der Waals surface area (Å²) in [7, 11) is 0. The fourth-order valence-electron chi connectivity index (χ4n) is 1.98. The van der Waals surface area contributed by atoms with E-state index in [0.717, 1.165) is 40.4 Å². The molecule has 0 saturated heterocycles. The molecule has 1 fully saturated rings. The van der Waals surface area contributed by atoms with Gasteiger partial charge in [0.2, 0.25) is 0 Å². The first-order chi connectivity index (χ1) is 10.3. The fourth-order valence-corrected chi connectivity index (χ4v) is 2.77. The molecule has 2 aromatic heterocycles. The smallest absolute Gasteiger partial charge is 0.193 e. The Morgan fingerprint density at radius 2 is 2.00 bits per heavy atom. The Bertz CT molecular complexity index is 613. The van der Waals surface area contributed by atoms with Crippen LogP contribution in [-0.4, -0.2) is 26.5 Å². The standard InChI is InChI=1S/C15H19N5S/c1-3-7-16-12-10(2)14(20-13(19-12)11-5-6-11)21-15-17-8-4-9-18-15/h4,8-9,11H,3,5-7H2,1-2H3,(H,16,19,20). The van der Waals surface area contributed by atoms with Crippen molar-refractivity contribution in [3.8, 4) is 0 Å². The van der Waals surface area contributed by atoms with Crippen LogP contribution in [0.1, 0.15) is 43.5 Å². The molecule has 6 heteroatoms. The van der Waals surface area contributed by atoms with Crippen LogP contribution in [0.2, 0.25) is 0 Å². The van der Waals surface area contributed by atoms with E-state index in [4.69, 9.17) is 9.97 Å². The monoisotopic (exact) mass is 301 g/mol. The van der Waals surface area contributed by atoms with Gasteiger partial charge in [-0.3, -0.25) is 0 Å². The Morgan fingerprint density at radius 1 is 1.24 bits per heavy atom. The SMILES string of the molecule is CCCNc1nc(C2CC2)nc(Sc2ncccn2)c1C. The van der Waals surface area contributed by atoms with Gasteiger partial charge in [0, 0.05) is 30.4 Å². The van der Waals surface area contributed by atoms with E-state index in [2.05, 4.69) is 29.1 Å². The van der Waals surface area contributed by atoms with Gasteiger partial charge in [0.15, 0.2) is 5.16 Å². The second-order valence-electron chi connectivity index (χ2n) is 5.20. The van der Waals surface area contributed by atoms with E-state index < -0.39 is 0 Å². The number of anilines is 1. The molecule has 110 valence electrons. The van der Waals surface area contributed by atoms with Crippen molar-refractivity contribution in [2.45, 2.75) is 49.2 Å². The first kappa shape index (κ1) is 14.3. The molecule has 0 amide bonds. The van der Waals surface area contributed by atoms with E-state index in [1.807, 2.05) is 6.07 Å². The van der Waals surface area contributed by atoms with Crippen LogP contribution < -0.4 is 5.32 Å². The zero-order valence-corrected chi connectivity index (χ0v) is 13.2. The molecule has 1 aliphatic carbocycles.